The van der Waals surface area contributed by atoms with Gasteiger partial charge in [0.15, 0.2) is 0 Å². The monoisotopic (exact) mass is 344 g/mol. The third-order valence-corrected chi connectivity index (χ3v) is 5.50. The van der Waals surface area contributed by atoms with Crippen LogP contribution in [0.5, 0.6) is 0 Å². The highest BCUT2D eigenvalue weighted by molar-refractivity contribution is 5.81. The number of hydrogen-bond acceptors (Lipinski definition) is 6. The van der Waals surface area contributed by atoms with E-state index in [4.69, 9.17) is 5.11 Å². The van der Waals surface area contributed by atoms with Crippen LogP contribution < -0.4 is 10.5 Å². The summed E-state index contributed by atoms with van der Waals surface area (Å²) in [4.78, 5) is 21.4. The number of aliphatic hydroxyl groups excluding tert-OH is 2. The maximum atomic E-state index is 12.4. The largest absolute Gasteiger partial charge is 0.395 e. The predicted octanol–water partition coefficient (Wildman–Crippen LogP) is 0.0341. The summed E-state index contributed by atoms with van der Waals surface area (Å²) in [5.74, 6) is 0. The van der Waals surface area contributed by atoms with E-state index in [2.05, 4.69) is 14.8 Å². The Hall–Kier alpha value is -1.96. The van der Waals surface area contributed by atoms with Crippen LogP contribution in [0.3, 0.4) is 0 Å². The van der Waals surface area contributed by atoms with Gasteiger partial charge in [0.1, 0.15) is 0 Å². The van der Waals surface area contributed by atoms with E-state index in [1.807, 2.05) is 18.2 Å². The molecular formula is C18H24N4O3. The second kappa shape index (κ2) is 6.74. The predicted molar refractivity (Wildman–Crippen MR) is 95.9 cm³/mol. The number of aliphatic hydroxyl groups is 2. The average molecular weight is 344 g/mol. The highest BCUT2D eigenvalue weighted by Gasteiger charge is 2.35. The number of piperazine rings is 1. The number of benzene rings is 1. The molecule has 0 spiro atoms. The molecule has 0 radical (unpaired) electrons. The molecule has 2 atom stereocenters. The van der Waals surface area contributed by atoms with E-state index in [1.165, 1.54) is 10.9 Å². The minimum Gasteiger partial charge on any atom is -0.395 e. The van der Waals surface area contributed by atoms with Crippen molar-refractivity contribution in [3.8, 4) is 0 Å². The van der Waals surface area contributed by atoms with E-state index in [-0.39, 0.29) is 24.8 Å². The van der Waals surface area contributed by atoms with Gasteiger partial charge in [-0.3, -0.25) is 14.3 Å². The lowest BCUT2D eigenvalue weighted by Gasteiger charge is -2.46. The van der Waals surface area contributed by atoms with Gasteiger partial charge in [0.2, 0.25) is 0 Å². The molecule has 2 heterocycles. The van der Waals surface area contributed by atoms with Crippen LogP contribution in [0, 0.1) is 0 Å². The number of rotatable bonds is 4. The molecule has 2 aromatic rings. The van der Waals surface area contributed by atoms with Crippen molar-refractivity contribution in [1.29, 1.82) is 0 Å². The fraction of sp³-hybridized carbons (Fsp3) is 0.556. The van der Waals surface area contributed by atoms with E-state index in [0.29, 0.717) is 16.9 Å². The summed E-state index contributed by atoms with van der Waals surface area (Å²) in [5.41, 5.74) is 1.65. The molecule has 7 nitrogen and oxygen atoms in total. The van der Waals surface area contributed by atoms with Crippen LogP contribution in [-0.4, -0.2) is 69.6 Å². The fourth-order valence-electron chi connectivity index (χ4n) is 3.81. The van der Waals surface area contributed by atoms with Crippen molar-refractivity contribution in [2.45, 2.75) is 31.5 Å². The molecule has 1 saturated heterocycles. The lowest BCUT2D eigenvalue weighted by atomic mass is 9.87. The van der Waals surface area contributed by atoms with Gasteiger partial charge in [0.05, 0.1) is 36.5 Å². The van der Waals surface area contributed by atoms with Crippen molar-refractivity contribution in [2.75, 3.05) is 37.7 Å². The molecule has 1 aliphatic carbocycles. The minimum absolute atomic E-state index is 0.0782. The summed E-state index contributed by atoms with van der Waals surface area (Å²) in [6.45, 7) is 3.91. The molecule has 25 heavy (non-hydrogen) atoms. The Morgan fingerprint density at radius 3 is 2.60 bits per heavy atom. The van der Waals surface area contributed by atoms with Gasteiger partial charge in [-0.25, -0.2) is 4.98 Å². The summed E-state index contributed by atoms with van der Waals surface area (Å²) in [5, 5.41) is 19.4. The average Bonchev–Trinajstić information content (AvgIpc) is 2.63. The standard InChI is InChI=1S/C18H24N4O3/c23-10-9-22-12-19-15-11-13(1-2-14(15)18(22)25)20-5-7-21(8-6-20)16-3-4-17(16)24/h1-2,11-12,16-17,23-24H,3-10H2. The summed E-state index contributed by atoms with van der Waals surface area (Å²) in [7, 11) is 0. The topological polar surface area (TPSA) is 81.8 Å². The quantitative estimate of drug-likeness (QED) is 0.815. The molecule has 2 unspecified atom stereocenters. The Balaban J connectivity index is 1.50. The Labute approximate surface area is 146 Å². The summed E-state index contributed by atoms with van der Waals surface area (Å²) in [6.07, 6.45) is 3.37. The van der Waals surface area contributed by atoms with E-state index in [0.717, 1.165) is 44.7 Å². The maximum absolute atomic E-state index is 12.4. The van der Waals surface area contributed by atoms with Crippen LogP contribution in [0.1, 0.15) is 12.8 Å². The van der Waals surface area contributed by atoms with Gasteiger partial charge >= 0.3 is 0 Å². The molecule has 1 aliphatic heterocycles. The molecule has 134 valence electrons. The van der Waals surface area contributed by atoms with Gasteiger partial charge in [-0.1, -0.05) is 0 Å². The first-order valence-electron chi connectivity index (χ1n) is 8.94. The van der Waals surface area contributed by atoms with Crippen molar-refractivity contribution in [1.82, 2.24) is 14.5 Å². The molecule has 0 amide bonds. The van der Waals surface area contributed by atoms with Crippen LogP contribution >= 0.6 is 0 Å². The third kappa shape index (κ3) is 3.03. The van der Waals surface area contributed by atoms with Gasteiger partial charge < -0.3 is 15.1 Å². The third-order valence-electron chi connectivity index (χ3n) is 5.50. The lowest BCUT2D eigenvalue weighted by Crippen LogP contribution is -2.57. The normalized spacial score (nSPS) is 24.5. The van der Waals surface area contributed by atoms with Gasteiger partial charge in [-0.2, -0.15) is 0 Å². The molecule has 1 aromatic carbocycles. The van der Waals surface area contributed by atoms with Crippen molar-refractivity contribution >= 4 is 16.6 Å². The molecular weight excluding hydrogens is 320 g/mol. The number of anilines is 1. The number of hydrogen-bond donors (Lipinski definition) is 2. The van der Waals surface area contributed by atoms with E-state index < -0.39 is 0 Å². The molecule has 1 aromatic heterocycles. The zero-order chi connectivity index (χ0) is 17.4. The molecule has 0 bridgehead atoms. The Kier molecular flexibility index (Phi) is 4.45. The van der Waals surface area contributed by atoms with Gasteiger partial charge in [0, 0.05) is 37.9 Å². The highest BCUT2D eigenvalue weighted by Crippen LogP contribution is 2.28. The molecule has 4 rings (SSSR count). The second-order valence-corrected chi connectivity index (χ2v) is 6.90. The SMILES string of the molecule is O=c1c2ccc(N3CCN(C4CCC4O)CC3)cc2ncn1CCO. The van der Waals surface area contributed by atoms with E-state index >= 15 is 0 Å². The van der Waals surface area contributed by atoms with Crippen LogP contribution in [-0.2, 0) is 6.54 Å². The molecule has 2 N–H and O–H groups in total. The molecule has 1 saturated carbocycles. The van der Waals surface area contributed by atoms with Crippen molar-refractivity contribution < 1.29 is 10.2 Å². The summed E-state index contributed by atoms with van der Waals surface area (Å²) < 4.78 is 1.44. The Morgan fingerprint density at radius 1 is 1.16 bits per heavy atom. The Morgan fingerprint density at radius 2 is 1.96 bits per heavy atom. The summed E-state index contributed by atoms with van der Waals surface area (Å²) >= 11 is 0. The van der Waals surface area contributed by atoms with Gasteiger partial charge in [-0.15, -0.1) is 0 Å². The van der Waals surface area contributed by atoms with Crippen LogP contribution in [0.4, 0.5) is 5.69 Å². The fourth-order valence-corrected chi connectivity index (χ4v) is 3.81. The molecule has 7 heteroatoms. The number of fused-ring (bicyclic) bond motifs is 1. The van der Waals surface area contributed by atoms with Crippen LogP contribution in [0.25, 0.3) is 10.9 Å². The van der Waals surface area contributed by atoms with Crippen molar-refractivity contribution in [3.05, 3.63) is 34.9 Å². The maximum Gasteiger partial charge on any atom is 0.261 e. The highest BCUT2D eigenvalue weighted by atomic mass is 16.3. The number of aromatic nitrogens is 2. The smallest absolute Gasteiger partial charge is 0.261 e. The van der Waals surface area contributed by atoms with Crippen LogP contribution in [0.2, 0.25) is 0 Å². The van der Waals surface area contributed by atoms with E-state index in [1.54, 1.807) is 0 Å². The number of nitrogens with zero attached hydrogens (tertiary/aromatic N) is 4. The first-order chi connectivity index (χ1) is 12.2. The second-order valence-electron chi connectivity index (χ2n) is 6.90. The van der Waals surface area contributed by atoms with Crippen molar-refractivity contribution in [3.63, 3.8) is 0 Å². The lowest BCUT2D eigenvalue weighted by molar-refractivity contribution is -0.0229. The minimum atomic E-state index is -0.155. The zero-order valence-electron chi connectivity index (χ0n) is 14.2. The van der Waals surface area contributed by atoms with Crippen LogP contribution in [0.15, 0.2) is 29.3 Å². The zero-order valence-corrected chi connectivity index (χ0v) is 14.2. The Bertz CT molecular complexity index is 814. The molecule has 2 aliphatic rings. The molecule has 2 fully saturated rings. The van der Waals surface area contributed by atoms with E-state index in [9.17, 15) is 9.90 Å². The van der Waals surface area contributed by atoms with Gasteiger partial charge in [-0.05, 0) is 31.0 Å². The summed E-state index contributed by atoms with van der Waals surface area (Å²) in [6, 6.07) is 6.11. The first kappa shape index (κ1) is 16.5. The van der Waals surface area contributed by atoms with Crippen molar-refractivity contribution in [2.24, 2.45) is 0 Å². The van der Waals surface area contributed by atoms with Gasteiger partial charge in [0.25, 0.3) is 5.56 Å². The first-order valence-corrected chi connectivity index (χ1v) is 8.94.